The maximum absolute atomic E-state index is 13.3. The van der Waals surface area contributed by atoms with Gasteiger partial charge in [-0.15, -0.1) is 11.3 Å². The highest BCUT2D eigenvalue weighted by Gasteiger charge is 2.33. The first-order valence-electron chi connectivity index (χ1n) is 13.2. The van der Waals surface area contributed by atoms with Gasteiger partial charge in [0.25, 0.3) is 0 Å². The Kier molecular flexibility index (Phi) is 6.84. The summed E-state index contributed by atoms with van der Waals surface area (Å²) in [5.41, 5.74) is 5.73. The van der Waals surface area contributed by atoms with Crippen LogP contribution in [0.3, 0.4) is 0 Å². The van der Waals surface area contributed by atoms with Crippen LogP contribution in [-0.2, 0) is 27.8 Å². The Balaban J connectivity index is 1.49. The van der Waals surface area contributed by atoms with E-state index >= 15 is 0 Å². The summed E-state index contributed by atoms with van der Waals surface area (Å²) in [6.07, 6.45) is 10.0. The normalized spacial score (nSPS) is 19.0. The number of aliphatic imine (C=N–C) groups is 1. The van der Waals surface area contributed by atoms with Crippen molar-refractivity contribution >= 4 is 33.9 Å². The summed E-state index contributed by atoms with van der Waals surface area (Å²) < 4.78 is 0. The molecular weight excluding hydrogens is 454 g/mol. The lowest BCUT2D eigenvalue weighted by Crippen LogP contribution is -2.45. The minimum Gasteiger partial charge on any atom is -0.352 e. The van der Waals surface area contributed by atoms with E-state index in [1.807, 2.05) is 0 Å². The quantitative estimate of drug-likeness (QED) is 0.609. The molecule has 2 amide bonds. The molecule has 2 aromatic rings. The molecule has 186 valence electrons. The number of carbonyl (C=O) groups excluding carboxylic acids is 2. The topological polar surface area (TPSA) is 61.8 Å². The second kappa shape index (κ2) is 9.88. The van der Waals surface area contributed by atoms with Crippen LogP contribution in [0, 0.1) is 0 Å². The summed E-state index contributed by atoms with van der Waals surface area (Å²) in [5, 5.41) is 4.11. The number of benzene rings is 1. The Morgan fingerprint density at radius 1 is 1.06 bits per heavy atom. The van der Waals surface area contributed by atoms with Gasteiger partial charge in [0, 0.05) is 22.0 Å². The molecule has 0 spiro atoms. The van der Waals surface area contributed by atoms with Crippen molar-refractivity contribution in [2.75, 3.05) is 18.0 Å². The van der Waals surface area contributed by atoms with Crippen molar-refractivity contribution in [2.24, 2.45) is 4.99 Å². The monoisotopic (exact) mass is 491 g/mol. The number of thiophene rings is 1. The van der Waals surface area contributed by atoms with Crippen molar-refractivity contribution in [3.8, 4) is 0 Å². The largest absolute Gasteiger partial charge is 0.352 e. The number of fused-ring (bicyclic) bond motifs is 3. The maximum Gasteiger partial charge on any atom is 0.249 e. The van der Waals surface area contributed by atoms with Crippen LogP contribution in [-0.4, -0.2) is 36.7 Å². The molecule has 0 bridgehead atoms. The molecule has 1 aliphatic heterocycles. The van der Waals surface area contributed by atoms with E-state index in [4.69, 9.17) is 4.99 Å². The molecule has 5 rings (SSSR count). The first kappa shape index (κ1) is 24.2. The highest BCUT2D eigenvalue weighted by molar-refractivity contribution is 7.17. The van der Waals surface area contributed by atoms with Crippen molar-refractivity contribution in [1.82, 2.24) is 5.32 Å². The second-order valence-corrected chi connectivity index (χ2v) is 12.3. The average molecular weight is 492 g/mol. The Morgan fingerprint density at radius 2 is 1.77 bits per heavy atom. The molecule has 0 unspecified atom stereocenters. The fourth-order valence-electron chi connectivity index (χ4n) is 5.60. The summed E-state index contributed by atoms with van der Waals surface area (Å²) in [7, 11) is 0. The van der Waals surface area contributed by atoms with Crippen LogP contribution in [0.4, 0.5) is 5.00 Å². The molecule has 5 nitrogen and oxygen atoms in total. The molecule has 2 heterocycles. The SMILES string of the molecule is CC(C)(C)c1ccc(C2=NCC(=O)N(CC(=O)NC3CCCCC3)c3sc4c(c32)CCCC4)cc1. The Morgan fingerprint density at radius 3 is 2.49 bits per heavy atom. The number of aryl methyl sites for hydroxylation is 1. The van der Waals surface area contributed by atoms with Crippen LogP contribution in [0.15, 0.2) is 29.3 Å². The van der Waals surface area contributed by atoms with Gasteiger partial charge in [0.2, 0.25) is 11.8 Å². The summed E-state index contributed by atoms with van der Waals surface area (Å²) in [5.74, 6) is -0.148. The van der Waals surface area contributed by atoms with Gasteiger partial charge in [-0.2, -0.15) is 0 Å². The summed E-state index contributed by atoms with van der Waals surface area (Å²) in [4.78, 5) is 34.3. The molecule has 3 aliphatic rings. The molecule has 6 heteroatoms. The number of nitrogens with zero attached hydrogens (tertiary/aromatic N) is 2. The fraction of sp³-hybridized carbons (Fsp3) is 0.552. The highest BCUT2D eigenvalue weighted by Crippen LogP contribution is 2.42. The zero-order valence-corrected chi connectivity index (χ0v) is 22.1. The van der Waals surface area contributed by atoms with E-state index in [1.54, 1.807) is 16.2 Å². The second-order valence-electron chi connectivity index (χ2n) is 11.3. The van der Waals surface area contributed by atoms with Crippen molar-refractivity contribution in [3.05, 3.63) is 51.4 Å². The molecular formula is C29H37N3O2S. The molecule has 35 heavy (non-hydrogen) atoms. The number of amides is 2. The van der Waals surface area contributed by atoms with Gasteiger partial charge in [-0.25, -0.2) is 0 Å². The maximum atomic E-state index is 13.3. The lowest BCUT2D eigenvalue weighted by molar-refractivity contribution is -0.123. The van der Waals surface area contributed by atoms with Gasteiger partial charge in [0.05, 0.1) is 5.71 Å². The molecule has 1 N–H and O–H groups in total. The first-order valence-corrected chi connectivity index (χ1v) is 14.0. The van der Waals surface area contributed by atoms with Gasteiger partial charge in [-0.3, -0.25) is 19.5 Å². The molecule has 1 saturated carbocycles. The Hall–Kier alpha value is -2.47. The molecule has 1 aromatic heterocycles. The van der Waals surface area contributed by atoms with Crippen molar-refractivity contribution in [1.29, 1.82) is 0 Å². The molecule has 0 radical (unpaired) electrons. The fourth-order valence-corrected chi connectivity index (χ4v) is 7.00. The van der Waals surface area contributed by atoms with Crippen LogP contribution < -0.4 is 10.2 Å². The minimum atomic E-state index is -0.0926. The van der Waals surface area contributed by atoms with Crippen LogP contribution in [0.5, 0.6) is 0 Å². The smallest absolute Gasteiger partial charge is 0.249 e. The third-order valence-corrected chi connectivity index (χ3v) is 8.92. The van der Waals surface area contributed by atoms with Crippen LogP contribution in [0.25, 0.3) is 0 Å². The van der Waals surface area contributed by atoms with Crippen molar-refractivity contribution in [2.45, 2.75) is 90.0 Å². The van der Waals surface area contributed by atoms with Gasteiger partial charge < -0.3 is 5.32 Å². The molecule has 0 atom stereocenters. The predicted molar refractivity (Wildman–Crippen MR) is 144 cm³/mol. The third-order valence-electron chi connectivity index (χ3n) is 7.60. The number of hydrogen-bond acceptors (Lipinski definition) is 4. The van der Waals surface area contributed by atoms with Crippen LogP contribution in [0.1, 0.15) is 92.8 Å². The standard InChI is InChI=1S/C29H37N3O2S/c1-29(2,3)20-15-13-19(14-16-20)27-26-22-11-7-8-12-23(22)35-28(26)32(25(34)17-30-27)18-24(33)31-21-9-5-4-6-10-21/h13-16,21H,4-12,17-18H2,1-3H3,(H,31,33). The van der Waals surface area contributed by atoms with E-state index in [0.717, 1.165) is 53.9 Å². The van der Waals surface area contributed by atoms with E-state index in [2.05, 4.69) is 50.4 Å². The van der Waals surface area contributed by atoms with Gasteiger partial charge >= 0.3 is 0 Å². The van der Waals surface area contributed by atoms with E-state index < -0.39 is 0 Å². The summed E-state index contributed by atoms with van der Waals surface area (Å²) in [6.45, 7) is 6.80. The van der Waals surface area contributed by atoms with E-state index in [-0.39, 0.29) is 36.4 Å². The Bertz CT molecular complexity index is 1130. The third kappa shape index (κ3) is 5.09. The average Bonchev–Trinajstić information content (AvgIpc) is 3.16. The summed E-state index contributed by atoms with van der Waals surface area (Å²) in [6, 6.07) is 8.89. The predicted octanol–water partition coefficient (Wildman–Crippen LogP) is 5.56. The highest BCUT2D eigenvalue weighted by atomic mass is 32.1. The molecule has 1 aromatic carbocycles. The number of anilines is 1. The van der Waals surface area contributed by atoms with E-state index in [9.17, 15) is 9.59 Å². The number of nitrogens with one attached hydrogen (secondary N) is 1. The number of carbonyl (C=O) groups is 2. The zero-order valence-electron chi connectivity index (χ0n) is 21.3. The lowest BCUT2D eigenvalue weighted by Gasteiger charge is -2.25. The Labute approximate surface area is 213 Å². The minimum absolute atomic E-state index is 0.0550. The van der Waals surface area contributed by atoms with E-state index in [1.165, 1.54) is 41.7 Å². The number of hydrogen-bond donors (Lipinski definition) is 1. The first-order chi connectivity index (χ1) is 16.8. The van der Waals surface area contributed by atoms with Gasteiger partial charge in [-0.1, -0.05) is 64.3 Å². The van der Waals surface area contributed by atoms with Crippen molar-refractivity contribution < 1.29 is 9.59 Å². The molecule has 1 fully saturated rings. The summed E-state index contributed by atoms with van der Waals surface area (Å²) >= 11 is 1.70. The zero-order chi connectivity index (χ0) is 24.6. The van der Waals surface area contributed by atoms with Gasteiger partial charge in [0.1, 0.15) is 18.1 Å². The molecule has 2 aliphatic carbocycles. The van der Waals surface area contributed by atoms with Crippen molar-refractivity contribution in [3.63, 3.8) is 0 Å². The van der Waals surface area contributed by atoms with Crippen LogP contribution in [0.2, 0.25) is 0 Å². The van der Waals surface area contributed by atoms with Crippen LogP contribution >= 0.6 is 11.3 Å². The van der Waals surface area contributed by atoms with Gasteiger partial charge in [0.15, 0.2) is 0 Å². The van der Waals surface area contributed by atoms with Gasteiger partial charge in [-0.05, 0) is 55.1 Å². The molecule has 0 saturated heterocycles. The van der Waals surface area contributed by atoms with E-state index in [0.29, 0.717) is 0 Å². The number of rotatable bonds is 4. The lowest BCUT2D eigenvalue weighted by atomic mass is 9.85.